The van der Waals surface area contributed by atoms with Gasteiger partial charge in [0, 0.05) is 5.56 Å². The first-order valence-electron chi connectivity index (χ1n) is 6.64. The van der Waals surface area contributed by atoms with E-state index in [1.54, 1.807) is 6.07 Å². The third-order valence-corrected chi connectivity index (χ3v) is 3.06. The van der Waals surface area contributed by atoms with E-state index in [1.807, 2.05) is 43.3 Å². The number of rotatable bonds is 3. The standard InChI is InChI=1S/C18H16N2O/c1-14-11-16(12-20)4-7-17(14)13-21-18-8-5-15(6-9-18)3-2-10-19/h4-9,11H,10,13,19H2,1H3. The molecule has 0 saturated carbocycles. The van der Waals surface area contributed by atoms with Gasteiger partial charge in [-0.25, -0.2) is 0 Å². The topological polar surface area (TPSA) is 59.0 Å². The van der Waals surface area contributed by atoms with E-state index in [4.69, 9.17) is 15.7 Å². The lowest BCUT2D eigenvalue weighted by molar-refractivity contribution is 0.305. The summed E-state index contributed by atoms with van der Waals surface area (Å²) in [6, 6.07) is 15.3. The van der Waals surface area contributed by atoms with Crippen LogP contribution < -0.4 is 10.5 Å². The molecular weight excluding hydrogens is 260 g/mol. The maximum absolute atomic E-state index is 8.85. The van der Waals surface area contributed by atoms with Crippen molar-refractivity contribution in [2.24, 2.45) is 5.73 Å². The van der Waals surface area contributed by atoms with E-state index in [0.717, 1.165) is 22.4 Å². The molecule has 0 heterocycles. The summed E-state index contributed by atoms with van der Waals surface area (Å²) in [5.41, 5.74) is 9.04. The zero-order valence-electron chi connectivity index (χ0n) is 11.9. The Morgan fingerprint density at radius 1 is 1.10 bits per heavy atom. The van der Waals surface area contributed by atoms with Gasteiger partial charge < -0.3 is 10.5 Å². The quantitative estimate of drug-likeness (QED) is 0.877. The summed E-state index contributed by atoms with van der Waals surface area (Å²) in [5.74, 6) is 6.57. The largest absolute Gasteiger partial charge is 0.489 e. The van der Waals surface area contributed by atoms with Gasteiger partial charge in [-0.3, -0.25) is 0 Å². The molecule has 0 amide bonds. The summed E-state index contributed by atoms with van der Waals surface area (Å²) >= 11 is 0. The molecule has 0 atom stereocenters. The van der Waals surface area contributed by atoms with Gasteiger partial charge in [-0.2, -0.15) is 5.26 Å². The van der Waals surface area contributed by atoms with E-state index in [0.29, 0.717) is 18.7 Å². The van der Waals surface area contributed by atoms with Crippen LogP contribution in [0.2, 0.25) is 0 Å². The van der Waals surface area contributed by atoms with Gasteiger partial charge in [-0.15, -0.1) is 0 Å². The maximum atomic E-state index is 8.85. The molecule has 0 fully saturated rings. The molecule has 0 aliphatic rings. The van der Waals surface area contributed by atoms with Crippen molar-refractivity contribution in [3.63, 3.8) is 0 Å². The Labute approximate surface area is 125 Å². The van der Waals surface area contributed by atoms with Gasteiger partial charge in [0.05, 0.1) is 18.2 Å². The van der Waals surface area contributed by atoms with Gasteiger partial charge in [-0.1, -0.05) is 17.9 Å². The predicted molar refractivity (Wildman–Crippen MR) is 82.6 cm³/mol. The van der Waals surface area contributed by atoms with Crippen molar-refractivity contribution in [2.45, 2.75) is 13.5 Å². The second kappa shape index (κ2) is 7.14. The van der Waals surface area contributed by atoms with Crippen molar-refractivity contribution in [1.29, 1.82) is 5.26 Å². The SMILES string of the molecule is Cc1cc(C#N)ccc1COc1ccc(C#CCN)cc1. The van der Waals surface area contributed by atoms with Crippen LogP contribution in [-0.2, 0) is 6.61 Å². The Hall–Kier alpha value is -2.75. The summed E-state index contributed by atoms with van der Waals surface area (Å²) in [5, 5.41) is 8.85. The van der Waals surface area contributed by atoms with Crippen LogP contribution in [0.4, 0.5) is 0 Å². The Bertz CT molecular complexity index is 716. The minimum absolute atomic E-state index is 0.357. The van der Waals surface area contributed by atoms with Crippen molar-refractivity contribution < 1.29 is 4.74 Å². The van der Waals surface area contributed by atoms with E-state index < -0.39 is 0 Å². The molecule has 2 N–H and O–H groups in total. The highest BCUT2D eigenvalue weighted by Crippen LogP contribution is 2.16. The third-order valence-electron chi connectivity index (χ3n) is 3.06. The molecule has 0 saturated heterocycles. The number of nitrogens with two attached hydrogens (primary N) is 1. The lowest BCUT2D eigenvalue weighted by Gasteiger charge is -2.09. The first-order chi connectivity index (χ1) is 10.2. The van der Waals surface area contributed by atoms with Gasteiger partial charge in [0.15, 0.2) is 0 Å². The van der Waals surface area contributed by atoms with Crippen molar-refractivity contribution in [3.05, 3.63) is 64.7 Å². The lowest BCUT2D eigenvalue weighted by atomic mass is 10.1. The highest BCUT2D eigenvalue weighted by atomic mass is 16.5. The van der Waals surface area contributed by atoms with Gasteiger partial charge in [0.25, 0.3) is 0 Å². The fourth-order valence-electron chi connectivity index (χ4n) is 1.88. The van der Waals surface area contributed by atoms with Gasteiger partial charge >= 0.3 is 0 Å². The summed E-state index contributed by atoms with van der Waals surface area (Å²) in [7, 11) is 0. The second-order valence-corrected chi connectivity index (χ2v) is 4.57. The van der Waals surface area contributed by atoms with Gasteiger partial charge in [0.2, 0.25) is 0 Å². The smallest absolute Gasteiger partial charge is 0.119 e. The number of hydrogen-bond acceptors (Lipinski definition) is 3. The molecule has 2 aromatic carbocycles. The van der Waals surface area contributed by atoms with Crippen LogP contribution in [0.1, 0.15) is 22.3 Å². The van der Waals surface area contributed by atoms with Crippen molar-refractivity contribution in [3.8, 4) is 23.7 Å². The normalized spacial score (nSPS) is 9.38. The molecule has 0 aromatic heterocycles. The molecule has 3 heteroatoms. The minimum atomic E-state index is 0.357. The number of hydrogen-bond donors (Lipinski definition) is 1. The van der Waals surface area contributed by atoms with Gasteiger partial charge in [0.1, 0.15) is 12.4 Å². The first-order valence-corrected chi connectivity index (χ1v) is 6.64. The fourth-order valence-corrected chi connectivity index (χ4v) is 1.88. The zero-order valence-corrected chi connectivity index (χ0v) is 11.9. The van der Waals surface area contributed by atoms with Crippen LogP contribution in [0.5, 0.6) is 5.75 Å². The van der Waals surface area contributed by atoms with Crippen LogP contribution in [0.3, 0.4) is 0 Å². The molecule has 0 spiro atoms. The highest BCUT2D eigenvalue weighted by Gasteiger charge is 2.01. The van der Waals surface area contributed by atoms with E-state index >= 15 is 0 Å². The summed E-state index contributed by atoms with van der Waals surface area (Å²) in [4.78, 5) is 0. The molecule has 0 unspecified atom stereocenters. The number of nitriles is 1. The average molecular weight is 276 g/mol. The van der Waals surface area contributed by atoms with E-state index in [9.17, 15) is 0 Å². The van der Waals surface area contributed by atoms with Crippen LogP contribution in [-0.4, -0.2) is 6.54 Å². The fraction of sp³-hybridized carbons (Fsp3) is 0.167. The van der Waals surface area contributed by atoms with Crippen LogP contribution in [0.15, 0.2) is 42.5 Å². The van der Waals surface area contributed by atoms with Crippen LogP contribution in [0.25, 0.3) is 0 Å². The average Bonchev–Trinajstić information content (AvgIpc) is 2.52. The Balaban J connectivity index is 2.01. The molecule has 0 radical (unpaired) electrons. The number of benzene rings is 2. The van der Waals surface area contributed by atoms with E-state index in [2.05, 4.69) is 17.9 Å². The van der Waals surface area contributed by atoms with Gasteiger partial charge in [-0.05, 0) is 54.4 Å². The molecule has 104 valence electrons. The van der Waals surface area contributed by atoms with Crippen molar-refractivity contribution >= 4 is 0 Å². The zero-order chi connectivity index (χ0) is 15.1. The first kappa shape index (κ1) is 14.7. The maximum Gasteiger partial charge on any atom is 0.119 e. The third kappa shape index (κ3) is 4.11. The predicted octanol–water partition coefficient (Wildman–Crippen LogP) is 2.76. The van der Waals surface area contributed by atoms with E-state index in [1.165, 1.54) is 0 Å². The molecule has 21 heavy (non-hydrogen) atoms. The second-order valence-electron chi connectivity index (χ2n) is 4.57. The molecule has 2 rings (SSSR count). The molecule has 2 aromatic rings. The number of aryl methyl sites for hydroxylation is 1. The Morgan fingerprint density at radius 2 is 1.81 bits per heavy atom. The molecular formula is C18H16N2O. The summed E-state index contributed by atoms with van der Waals surface area (Å²) < 4.78 is 5.75. The number of ether oxygens (including phenoxy) is 1. The summed E-state index contributed by atoms with van der Waals surface area (Å²) in [6.45, 7) is 2.81. The lowest BCUT2D eigenvalue weighted by Crippen LogP contribution is -1.98. The Morgan fingerprint density at radius 3 is 2.43 bits per heavy atom. The van der Waals surface area contributed by atoms with Crippen molar-refractivity contribution in [2.75, 3.05) is 6.54 Å². The Kier molecular flexibility index (Phi) is 4.99. The molecule has 0 aliphatic carbocycles. The highest BCUT2D eigenvalue weighted by molar-refractivity contribution is 5.39. The van der Waals surface area contributed by atoms with Crippen LogP contribution >= 0.6 is 0 Å². The van der Waals surface area contributed by atoms with Crippen LogP contribution in [0, 0.1) is 30.1 Å². The minimum Gasteiger partial charge on any atom is -0.489 e. The number of nitrogens with zero attached hydrogens (tertiary/aromatic N) is 1. The van der Waals surface area contributed by atoms with E-state index in [-0.39, 0.29) is 0 Å². The molecule has 0 bridgehead atoms. The van der Waals surface area contributed by atoms with Crippen molar-refractivity contribution in [1.82, 2.24) is 0 Å². The molecule has 3 nitrogen and oxygen atoms in total. The summed E-state index contributed by atoms with van der Waals surface area (Å²) in [6.07, 6.45) is 0. The monoisotopic (exact) mass is 276 g/mol. The molecule has 0 aliphatic heterocycles.